The van der Waals surface area contributed by atoms with Crippen LogP contribution in [0.15, 0.2) is 145 Å². The highest BCUT2D eigenvalue weighted by molar-refractivity contribution is 6.23. The molecule has 6 aromatic rings. The molecule has 2 saturated carbocycles. The maximum Gasteiger partial charge on any atom is 0.0620 e. The van der Waals surface area contributed by atoms with Gasteiger partial charge in [0.15, 0.2) is 0 Å². The van der Waals surface area contributed by atoms with Crippen LogP contribution in [-0.4, -0.2) is 0 Å². The van der Waals surface area contributed by atoms with E-state index in [0.29, 0.717) is 11.8 Å². The Morgan fingerprint density at radius 3 is 1.37 bits per heavy atom. The van der Waals surface area contributed by atoms with Gasteiger partial charge in [-0.2, -0.15) is 0 Å². The minimum absolute atomic E-state index is 0.0489. The number of hydrogen-bond donors (Lipinski definition) is 0. The number of anilines is 5. The summed E-state index contributed by atoms with van der Waals surface area (Å²) in [5, 5.41) is 5.26. The monoisotopic (exact) mass is 831 g/mol. The summed E-state index contributed by atoms with van der Waals surface area (Å²) in [6, 6.07) is 43.3. The third-order valence-corrected chi connectivity index (χ3v) is 15.0. The second kappa shape index (κ2) is 17.7. The first-order chi connectivity index (χ1) is 30.4. The summed E-state index contributed by atoms with van der Waals surface area (Å²) in [5.41, 5.74) is 15.8. The fourth-order valence-corrected chi connectivity index (χ4v) is 10.9. The molecule has 0 unspecified atom stereocenters. The van der Waals surface area contributed by atoms with E-state index < -0.39 is 0 Å². The van der Waals surface area contributed by atoms with Crippen LogP contribution >= 0.6 is 0 Å². The van der Waals surface area contributed by atoms with Gasteiger partial charge in [0.25, 0.3) is 0 Å². The van der Waals surface area contributed by atoms with Crippen LogP contribution in [0.2, 0.25) is 0 Å². The first-order valence-corrected chi connectivity index (χ1v) is 24.3. The molecule has 0 radical (unpaired) electrons. The summed E-state index contributed by atoms with van der Waals surface area (Å²) >= 11 is 0. The second-order valence-electron chi connectivity index (χ2n) is 20.9. The summed E-state index contributed by atoms with van der Waals surface area (Å²) in [7, 11) is 0. The van der Waals surface area contributed by atoms with Crippen LogP contribution in [0.5, 0.6) is 0 Å². The zero-order valence-electron chi connectivity index (χ0n) is 39.4. The molecule has 6 aromatic carbocycles. The molecule has 9 rings (SSSR count). The molecule has 0 aromatic heterocycles. The lowest BCUT2D eigenvalue weighted by Gasteiger charge is -2.36. The Hall–Kier alpha value is -5.34. The predicted molar refractivity (Wildman–Crippen MR) is 274 cm³/mol. The van der Waals surface area contributed by atoms with Gasteiger partial charge in [0.2, 0.25) is 0 Å². The average molecular weight is 831 g/mol. The standard InChI is InChI=1S/C61H70N2/c1-9-61(7,8)49-28-36-53(37-29-49)63(51-32-22-43(3)23-33-51)59-55-39-25-46(44-16-12-10-13-17-44)40-56(55)58(54-38-24-47(41-57(54)59)45-18-14-11-15-19-45)62(50-30-20-42(2)21-31-50)52-34-26-48(27-35-52)60(4,5)6/h9,20-28,30-36,38-41,44-45H,1,10-19,29,37H2,2-8H3. The molecule has 3 aliphatic rings. The van der Waals surface area contributed by atoms with Gasteiger partial charge in [-0.3, -0.25) is 0 Å². The van der Waals surface area contributed by atoms with Gasteiger partial charge in [0, 0.05) is 49.7 Å². The normalized spacial score (nSPS) is 16.8. The van der Waals surface area contributed by atoms with Gasteiger partial charge < -0.3 is 9.80 Å². The van der Waals surface area contributed by atoms with Crippen molar-refractivity contribution in [2.24, 2.45) is 5.41 Å². The van der Waals surface area contributed by atoms with Gasteiger partial charge in [0.1, 0.15) is 0 Å². The number of benzene rings is 6. The summed E-state index contributed by atoms with van der Waals surface area (Å²) in [4.78, 5) is 5.25. The number of fused-ring (bicyclic) bond motifs is 2. The Morgan fingerprint density at radius 1 is 0.492 bits per heavy atom. The van der Waals surface area contributed by atoms with Crippen LogP contribution < -0.4 is 9.80 Å². The third-order valence-electron chi connectivity index (χ3n) is 15.0. The van der Waals surface area contributed by atoms with Crippen molar-refractivity contribution in [3.63, 3.8) is 0 Å². The van der Waals surface area contributed by atoms with E-state index in [1.807, 2.05) is 0 Å². The quantitative estimate of drug-likeness (QED) is 0.0771. The number of nitrogens with zero attached hydrogens (tertiary/aromatic N) is 2. The molecule has 0 saturated heterocycles. The highest BCUT2D eigenvalue weighted by atomic mass is 15.2. The Bertz CT molecular complexity index is 2650. The van der Waals surface area contributed by atoms with Crippen molar-refractivity contribution in [2.75, 3.05) is 9.80 Å². The summed E-state index contributed by atoms with van der Waals surface area (Å²) in [6.07, 6.45) is 21.9. The van der Waals surface area contributed by atoms with Crippen LogP contribution in [0, 0.1) is 19.3 Å². The minimum atomic E-state index is -0.0489. The lowest BCUT2D eigenvalue weighted by atomic mass is 9.79. The van der Waals surface area contributed by atoms with Gasteiger partial charge in [-0.15, -0.1) is 6.58 Å². The van der Waals surface area contributed by atoms with Crippen LogP contribution in [0.25, 0.3) is 21.5 Å². The van der Waals surface area contributed by atoms with Crippen LogP contribution in [0.3, 0.4) is 0 Å². The number of aryl methyl sites for hydroxylation is 2. The largest absolute Gasteiger partial charge is 0.313 e. The van der Waals surface area contributed by atoms with Crippen molar-refractivity contribution in [2.45, 2.75) is 143 Å². The van der Waals surface area contributed by atoms with Crippen molar-refractivity contribution in [1.29, 1.82) is 0 Å². The molecule has 0 N–H and O–H groups in total. The van der Waals surface area contributed by atoms with Gasteiger partial charge in [-0.25, -0.2) is 0 Å². The molecular weight excluding hydrogens is 761 g/mol. The lowest BCUT2D eigenvalue weighted by molar-refractivity contribution is 0.444. The molecule has 2 nitrogen and oxygen atoms in total. The molecule has 0 heterocycles. The molecule has 0 aliphatic heterocycles. The zero-order chi connectivity index (χ0) is 43.9. The highest BCUT2D eigenvalue weighted by Crippen LogP contribution is 2.53. The second-order valence-corrected chi connectivity index (χ2v) is 20.9. The van der Waals surface area contributed by atoms with Crippen LogP contribution in [0.4, 0.5) is 28.4 Å². The van der Waals surface area contributed by atoms with E-state index in [4.69, 9.17) is 0 Å². The van der Waals surface area contributed by atoms with Crippen molar-refractivity contribution in [1.82, 2.24) is 0 Å². The molecule has 0 bridgehead atoms. The van der Waals surface area contributed by atoms with Gasteiger partial charge in [0.05, 0.1) is 11.4 Å². The van der Waals surface area contributed by atoms with Crippen molar-refractivity contribution < 1.29 is 0 Å². The van der Waals surface area contributed by atoms with Gasteiger partial charge in [-0.1, -0.05) is 163 Å². The molecule has 0 spiro atoms. The first kappa shape index (κ1) is 42.9. The molecule has 0 amide bonds. The van der Waals surface area contributed by atoms with Gasteiger partial charge in [-0.05, 0) is 141 Å². The first-order valence-electron chi connectivity index (χ1n) is 24.3. The van der Waals surface area contributed by atoms with E-state index in [-0.39, 0.29) is 10.8 Å². The molecule has 3 aliphatic carbocycles. The van der Waals surface area contributed by atoms with E-state index >= 15 is 0 Å². The number of allylic oxidation sites excluding steroid dienone is 5. The van der Waals surface area contributed by atoms with Gasteiger partial charge >= 0.3 is 0 Å². The Morgan fingerprint density at radius 2 is 0.937 bits per heavy atom. The van der Waals surface area contributed by atoms with E-state index in [9.17, 15) is 0 Å². The summed E-state index contributed by atoms with van der Waals surface area (Å²) in [5.74, 6) is 1.16. The Balaban J connectivity index is 1.41. The van der Waals surface area contributed by atoms with Crippen molar-refractivity contribution in [3.05, 3.63) is 173 Å². The molecule has 2 heteroatoms. The summed E-state index contributed by atoms with van der Waals surface area (Å²) < 4.78 is 0. The fraction of sp³-hybridized carbons (Fsp3) is 0.377. The van der Waals surface area contributed by atoms with Crippen LogP contribution in [0.1, 0.15) is 151 Å². The molecule has 0 atom stereocenters. The van der Waals surface area contributed by atoms with E-state index in [2.05, 4.69) is 192 Å². The average Bonchev–Trinajstić information content (AvgIpc) is 3.31. The molecule has 63 heavy (non-hydrogen) atoms. The molecular formula is C61H70N2. The van der Waals surface area contributed by atoms with E-state index in [0.717, 1.165) is 12.8 Å². The number of rotatable bonds is 10. The third kappa shape index (κ3) is 8.68. The zero-order valence-corrected chi connectivity index (χ0v) is 39.4. The Kier molecular flexibility index (Phi) is 12.0. The minimum Gasteiger partial charge on any atom is -0.313 e. The van der Waals surface area contributed by atoms with Crippen molar-refractivity contribution in [3.8, 4) is 0 Å². The maximum atomic E-state index is 4.23. The van der Waals surface area contributed by atoms with Crippen LogP contribution in [-0.2, 0) is 5.41 Å². The Labute approximate surface area is 379 Å². The predicted octanol–water partition coefficient (Wildman–Crippen LogP) is 18.4. The van der Waals surface area contributed by atoms with Crippen molar-refractivity contribution >= 4 is 50.0 Å². The SMILES string of the molecule is C=CC(C)(C)C1=CC=C(N(c2ccc(C)cc2)c2c3cc(C4CCCCC4)ccc3c(N(c3ccc(C)cc3)c3ccc(C(C)(C)C)cc3)c3cc(C4CCCCC4)ccc23)CC1. The smallest absolute Gasteiger partial charge is 0.0620 e. The highest BCUT2D eigenvalue weighted by Gasteiger charge is 2.30. The van der Waals surface area contributed by atoms with E-state index in [1.165, 1.54) is 153 Å². The topological polar surface area (TPSA) is 6.48 Å². The summed E-state index contributed by atoms with van der Waals surface area (Å²) in [6.45, 7) is 20.2. The lowest BCUT2D eigenvalue weighted by Crippen LogP contribution is -2.22. The fourth-order valence-electron chi connectivity index (χ4n) is 10.9. The molecule has 324 valence electrons. The number of hydrogen-bond acceptors (Lipinski definition) is 2. The van der Waals surface area contributed by atoms with E-state index in [1.54, 1.807) is 0 Å². The molecule has 2 fully saturated rings. The maximum absolute atomic E-state index is 4.23.